The topological polar surface area (TPSA) is 33.0 Å². The number of benzene rings is 3. The molecule has 0 spiro atoms. The summed E-state index contributed by atoms with van der Waals surface area (Å²) in [6, 6.07) is 24.8. The van der Waals surface area contributed by atoms with Gasteiger partial charge in [0.05, 0.1) is 11.6 Å². The fourth-order valence-electron chi connectivity index (χ4n) is 3.84. The Hall–Kier alpha value is -3.26. The standard InChI is InChI=1S/C12H18.C10H11F3O.C10H11N/c1-9(2)11-7-5-6-8-12(11)10(3)4;1-7(2)8-5-3-4-6-9(8)14-10(11,12)13;1-8(2)10-6-4-3-5-9(10)7-11/h5-10H,1-4H3;3-7H,1-2H3;3-6,8H,1-2H3. The summed E-state index contributed by atoms with van der Waals surface area (Å²) < 4.78 is 39.8. The highest BCUT2D eigenvalue weighted by molar-refractivity contribution is 5.39. The lowest BCUT2D eigenvalue weighted by atomic mass is 9.91. The number of halogens is 3. The summed E-state index contributed by atoms with van der Waals surface area (Å²) in [5.41, 5.74) is 5.47. The maximum atomic E-state index is 12.0. The minimum absolute atomic E-state index is 0.00792. The smallest absolute Gasteiger partial charge is 0.405 e. The molecule has 0 atom stereocenters. The zero-order chi connectivity index (χ0) is 28.2. The number of hydrogen-bond acceptors (Lipinski definition) is 2. The Bertz CT molecular complexity index is 1100. The third kappa shape index (κ3) is 11.1. The normalized spacial score (nSPS) is 11.0. The first kappa shape index (κ1) is 31.8. The number of alkyl halides is 3. The van der Waals surface area contributed by atoms with Gasteiger partial charge in [0.1, 0.15) is 5.75 Å². The Kier molecular flexibility index (Phi) is 13.0. The summed E-state index contributed by atoms with van der Waals surface area (Å²) in [6.45, 7) is 16.8. The van der Waals surface area contributed by atoms with Gasteiger partial charge in [-0.05, 0) is 58.1 Å². The van der Waals surface area contributed by atoms with Crippen LogP contribution in [0.2, 0.25) is 0 Å². The molecule has 37 heavy (non-hydrogen) atoms. The Balaban J connectivity index is 0.000000280. The van der Waals surface area contributed by atoms with E-state index < -0.39 is 6.36 Å². The molecule has 0 aliphatic carbocycles. The molecule has 2 nitrogen and oxygen atoms in total. The van der Waals surface area contributed by atoms with E-state index in [1.165, 1.54) is 23.3 Å². The zero-order valence-electron chi connectivity index (χ0n) is 23.2. The van der Waals surface area contributed by atoms with Gasteiger partial charge >= 0.3 is 6.36 Å². The van der Waals surface area contributed by atoms with Crippen molar-refractivity contribution < 1.29 is 17.9 Å². The minimum Gasteiger partial charge on any atom is -0.405 e. The van der Waals surface area contributed by atoms with Crippen molar-refractivity contribution in [1.29, 1.82) is 5.26 Å². The molecule has 0 aliphatic rings. The van der Waals surface area contributed by atoms with Crippen molar-refractivity contribution in [2.45, 2.75) is 85.4 Å². The van der Waals surface area contributed by atoms with Crippen molar-refractivity contribution in [2.24, 2.45) is 0 Å². The monoisotopic (exact) mass is 511 g/mol. The minimum atomic E-state index is -4.62. The lowest BCUT2D eigenvalue weighted by molar-refractivity contribution is -0.274. The predicted octanol–water partition coefficient (Wildman–Crippen LogP) is 10.3. The molecule has 0 bridgehead atoms. The van der Waals surface area contributed by atoms with E-state index in [-0.39, 0.29) is 11.7 Å². The lowest BCUT2D eigenvalue weighted by Gasteiger charge is -2.14. The Morgan fingerprint density at radius 2 is 0.919 bits per heavy atom. The van der Waals surface area contributed by atoms with E-state index in [2.05, 4.69) is 76.6 Å². The molecule has 3 aromatic carbocycles. The molecular weight excluding hydrogens is 471 g/mol. The third-order valence-corrected chi connectivity index (χ3v) is 5.71. The van der Waals surface area contributed by atoms with Gasteiger partial charge in [0.15, 0.2) is 0 Å². The molecule has 0 aliphatic heterocycles. The maximum Gasteiger partial charge on any atom is 0.573 e. The van der Waals surface area contributed by atoms with Crippen molar-refractivity contribution in [1.82, 2.24) is 0 Å². The van der Waals surface area contributed by atoms with Gasteiger partial charge in [0.2, 0.25) is 0 Å². The van der Waals surface area contributed by atoms with Gasteiger partial charge in [-0.25, -0.2) is 0 Å². The Labute approximate surface area is 221 Å². The summed E-state index contributed by atoms with van der Waals surface area (Å²) in [7, 11) is 0. The SMILES string of the molecule is CC(C)c1ccccc1C#N.CC(C)c1ccccc1C(C)C.CC(C)c1ccccc1OC(F)(F)F. The van der Waals surface area contributed by atoms with Gasteiger partial charge < -0.3 is 4.74 Å². The van der Waals surface area contributed by atoms with Crippen LogP contribution in [0.5, 0.6) is 5.75 Å². The van der Waals surface area contributed by atoms with Crippen molar-refractivity contribution in [3.63, 3.8) is 0 Å². The zero-order valence-corrected chi connectivity index (χ0v) is 23.2. The molecule has 0 amide bonds. The van der Waals surface area contributed by atoms with Gasteiger partial charge in [-0.3, -0.25) is 0 Å². The first-order chi connectivity index (χ1) is 17.3. The molecule has 0 saturated carbocycles. The molecule has 0 fully saturated rings. The van der Waals surface area contributed by atoms with Gasteiger partial charge in [-0.1, -0.05) is 116 Å². The molecule has 0 unspecified atom stereocenters. The largest absolute Gasteiger partial charge is 0.573 e. The van der Waals surface area contributed by atoms with Crippen molar-refractivity contribution in [3.05, 3.63) is 101 Å². The second kappa shape index (κ2) is 15.1. The number of para-hydroxylation sites is 1. The highest BCUT2D eigenvalue weighted by atomic mass is 19.4. The van der Waals surface area contributed by atoms with E-state index in [0.29, 0.717) is 23.3 Å². The van der Waals surface area contributed by atoms with E-state index in [1.807, 2.05) is 38.1 Å². The average Bonchev–Trinajstić information content (AvgIpc) is 2.84. The first-order valence-corrected chi connectivity index (χ1v) is 12.7. The average molecular weight is 512 g/mol. The number of ether oxygens (including phenoxy) is 1. The number of rotatable bonds is 5. The third-order valence-electron chi connectivity index (χ3n) is 5.71. The summed E-state index contributed by atoms with van der Waals surface area (Å²) in [6.07, 6.45) is -4.62. The van der Waals surface area contributed by atoms with E-state index in [4.69, 9.17) is 5.26 Å². The molecule has 0 heterocycles. The van der Waals surface area contributed by atoms with E-state index in [9.17, 15) is 13.2 Å². The second-order valence-corrected chi connectivity index (χ2v) is 10.0. The quantitative estimate of drug-likeness (QED) is 0.341. The number of nitriles is 1. The van der Waals surface area contributed by atoms with Crippen LogP contribution in [-0.4, -0.2) is 6.36 Å². The summed E-state index contributed by atoms with van der Waals surface area (Å²) >= 11 is 0. The van der Waals surface area contributed by atoms with E-state index >= 15 is 0 Å². The summed E-state index contributed by atoms with van der Waals surface area (Å²) in [5.74, 6) is 1.61. The summed E-state index contributed by atoms with van der Waals surface area (Å²) in [4.78, 5) is 0. The Morgan fingerprint density at radius 3 is 1.27 bits per heavy atom. The van der Waals surface area contributed by atoms with Crippen molar-refractivity contribution in [2.75, 3.05) is 0 Å². The predicted molar refractivity (Wildman–Crippen MR) is 147 cm³/mol. The molecule has 200 valence electrons. The van der Waals surface area contributed by atoms with Crippen LogP contribution >= 0.6 is 0 Å². The fraction of sp³-hybridized carbons (Fsp3) is 0.406. The second-order valence-electron chi connectivity index (χ2n) is 10.0. The molecule has 0 N–H and O–H groups in total. The molecule has 3 rings (SSSR count). The van der Waals surface area contributed by atoms with Gasteiger partial charge in [0, 0.05) is 0 Å². The molecule has 3 aromatic rings. The van der Waals surface area contributed by atoms with Crippen LogP contribution in [-0.2, 0) is 0 Å². The van der Waals surface area contributed by atoms with E-state index in [1.54, 1.807) is 12.1 Å². The fourth-order valence-corrected chi connectivity index (χ4v) is 3.84. The van der Waals surface area contributed by atoms with Crippen LogP contribution in [0.25, 0.3) is 0 Å². The molecule has 0 aromatic heterocycles. The number of nitrogens with zero attached hydrogens (tertiary/aromatic N) is 1. The van der Waals surface area contributed by atoms with Crippen molar-refractivity contribution >= 4 is 0 Å². The van der Waals surface area contributed by atoms with Crippen LogP contribution in [0.3, 0.4) is 0 Å². The van der Waals surface area contributed by atoms with Crippen LogP contribution < -0.4 is 4.74 Å². The van der Waals surface area contributed by atoms with Crippen LogP contribution in [0.15, 0.2) is 72.8 Å². The molecule has 0 saturated heterocycles. The summed E-state index contributed by atoms with van der Waals surface area (Å²) in [5, 5.41) is 8.72. The first-order valence-electron chi connectivity index (χ1n) is 12.7. The van der Waals surface area contributed by atoms with Crippen LogP contribution in [0, 0.1) is 11.3 Å². The highest BCUT2D eigenvalue weighted by Crippen LogP contribution is 2.30. The molecule has 5 heteroatoms. The van der Waals surface area contributed by atoms with Crippen LogP contribution in [0.4, 0.5) is 13.2 Å². The van der Waals surface area contributed by atoms with E-state index in [0.717, 1.165) is 11.1 Å². The Morgan fingerprint density at radius 1 is 0.568 bits per heavy atom. The molecule has 0 radical (unpaired) electrons. The van der Waals surface area contributed by atoms with Gasteiger partial charge in [0.25, 0.3) is 0 Å². The molecular formula is C32H40F3NO. The lowest BCUT2D eigenvalue weighted by Crippen LogP contribution is -2.18. The highest BCUT2D eigenvalue weighted by Gasteiger charge is 2.32. The van der Waals surface area contributed by atoms with Gasteiger partial charge in [-0.15, -0.1) is 13.2 Å². The van der Waals surface area contributed by atoms with Crippen LogP contribution in [0.1, 0.15) is 107 Å². The maximum absolute atomic E-state index is 12.0. The van der Waals surface area contributed by atoms with Crippen molar-refractivity contribution in [3.8, 4) is 11.8 Å². The number of hydrogen-bond donors (Lipinski definition) is 0. The van der Waals surface area contributed by atoms with Gasteiger partial charge in [-0.2, -0.15) is 5.26 Å².